The van der Waals surface area contributed by atoms with E-state index in [1.165, 1.54) is 29.7 Å². The summed E-state index contributed by atoms with van der Waals surface area (Å²) in [5, 5.41) is 2.04. The molecule has 2 saturated heterocycles. The Balaban J connectivity index is 1.59. The fraction of sp³-hybridized carbons (Fsp3) is 0.478. The molecule has 3 atom stereocenters. The first kappa shape index (κ1) is 19.3. The maximum Gasteiger partial charge on any atom is 0.160 e. The van der Waals surface area contributed by atoms with Crippen molar-refractivity contribution in [2.45, 2.75) is 51.2 Å². The fourth-order valence-electron chi connectivity index (χ4n) is 4.91. The maximum absolute atomic E-state index is 7.06. The van der Waals surface area contributed by atoms with Crippen LogP contribution in [0.2, 0.25) is 5.02 Å². The molecule has 0 saturated carbocycles. The molecule has 0 bridgehead atoms. The van der Waals surface area contributed by atoms with Crippen LogP contribution in [0.1, 0.15) is 55.1 Å². The number of amidine groups is 1. The number of benzene rings is 1. The summed E-state index contributed by atoms with van der Waals surface area (Å²) in [6, 6.07) is 11.2. The largest absolute Gasteiger partial charge is 0.371 e. The van der Waals surface area contributed by atoms with Crippen LogP contribution < -0.4 is 4.90 Å². The van der Waals surface area contributed by atoms with Crippen molar-refractivity contribution in [3.8, 4) is 0 Å². The summed E-state index contributed by atoms with van der Waals surface area (Å²) in [5.41, 5.74) is 4.68. The average Bonchev–Trinajstić information content (AvgIpc) is 3.47. The van der Waals surface area contributed by atoms with Crippen LogP contribution in [0.4, 0.5) is 5.69 Å². The van der Waals surface area contributed by atoms with Crippen LogP contribution in [-0.2, 0) is 0 Å². The first-order valence-electron chi connectivity index (χ1n) is 10.6. The van der Waals surface area contributed by atoms with E-state index in [1.807, 2.05) is 24.0 Å². The van der Waals surface area contributed by atoms with Gasteiger partial charge in [-0.15, -0.1) is 0 Å². The normalized spacial score (nSPS) is 26.2. The molecular weight excluding hydrogens is 400 g/mol. The Labute approximate surface area is 182 Å². The summed E-state index contributed by atoms with van der Waals surface area (Å²) in [7, 11) is 0. The summed E-state index contributed by atoms with van der Waals surface area (Å²) < 4.78 is 0. The number of rotatable bonds is 4. The van der Waals surface area contributed by atoms with Crippen LogP contribution in [0.15, 0.2) is 41.5 Å². The average molecular weight is 427 g/mol. The summed E-state index contributed by atoms with van der Waals surface area (Å²) in [4.78, 5) is 14.8. The molecule has 0 N–H and O–H groups in total. The highest BCUT2D eigenvalue weighted by Gasteiger charge is 2.46. The topological polar surface area (TPSA) is 31.7 Å². The number of anilines is 1. The van der Waals surface area contributed by atoms with Gasteiger partial charge in [-0.3, -0.25) is 9.98 Å². The van der Waals surface area contributed by atoms with Gasteiger partial charge in [0.05, 0.1) is 16.8 Å². The first-order chi connectivity index (χ1) is 14.2. The minimum atomic E-state index is -0.0115. The molecule has 2 aromatic rings. The van der Waals surface area contributed by atoms with E-state index in [0.29, 0.717) is 6.04 Å². The zero-order valence-corrected chi connectivity index (χ0v) is 18.6. The molecule has 29 heavy (non-hydrogen) atoms. The third kappa shape index (κ3) is 3.23. The highest BCUT2D eigenvalue weighted by atomic mass is 35.5. The predicted molar refractivity (Wildman–Crippen MR) is 123 cm³/mol. The van der Waals surface area contributed by atoms with Crippen LogP contribution in [-0.4, -0.2) is 39.9 Å². The van der Waals surface area contributed by atoms with Crippen molar-refractivity contribution in [2.24, 2.45) is 4.99 Å². The van der Waals surface area contributed by atoms with E-state index in [2.05, 4.69) is 52.9 Å². The maximum atomic E-state index is 7.06. The molecule has 4 heterocycles. The van der Waals surface area contributed by atoms with Gasteiger partial charge in [0.25, 0.3) is 0 Å². The summed E-state index contributed by atoms with van der Waals surface area (Å²) >= 11 is 8.93. The number of halogens is 1. The molecular formula is C23H27ClN4S. The molecule has 5 rings (SSSR count). The number of hydrogen-bond donors (Lipinski definition) is 0. The van der Waals surface area contributed by atoms with Crippen LogP contribution in [0.25, 0.3) is 0 Å². The van der Waals surface area contributed by atoms with Gasteiger partial charge in [0.15, 0.2) is 5.17 Å². The molecule has 0 radical (unpaired) electrons. The molecule has 0 aliphatic carbocycles. The van der Waals surface area contributed by atoms with Crippen molar-refractivity contribution >= 4 is 34.2 Å². The molecule has 0 unspecified atom stereocenters. The smallest absolute Gasteiger partial charge is 0.160 e. The highest BCUT2D eigenvalue weighted by Crippen LogP contribution is 2.51. The van der Waals surface area contributed by atoms with Crippen molar-refractivity contribution in [3.05, 3.63) is 58.4 Å². The summed E-state index contributed by atoms with van der Waals surface area (Å²) in [6.45, 7) is 6.69. The van der Waals surface area contributed by atoms with Gasteiger partial charge in [-0.25, -0.2) is 0 Å². The second-order valence-electron chi connectivity index (χ2n) is 8.14. The lowest BCUT2D eigenvalue weighted by Gasteiger charge is -2.33. The van der Waals surface area contributed by atoms with Crippen LogP contribution >= 0.6 is 23.4 Å². The zero-order chi connectivity index (χ0) is 20.0. The van der Waals surface area contributed by atoms with E-state index in [4.69, 9.17) is 16.6 Å². The Bertz CT molecular complexity index is 926. The molecule has 3 aliphatic rings. The lowest BCUT2D eigenvalue weighted by Crippen LogP contribution is -2.35. The van der Waals surface area contributed by atoms with E-state index >= 15 is 0 Å². The third-order valence-corrected chi connectivity index (χ3v) is 8.11. The molecule has 3 aliphatic heterocycles. The zero-order valence-electron chi connectivity index (χ0n) is 17.0. The van der Waals surface area contributed by atoms with E-state index in [1.54, 1.807) is 0 Å². The van der Waals surface area contributed by atoms with E-state index in [0.717, 1.165) is 41.1 Å². The summed E-state index contributed by atoms with van der Waals surface area (Å²) in [5.74, 6) is 1.10. The standard InChI is InChI=1S/C23H27ClN4S/c1-3-16-14-29-23-26-21(18-8-4-5-11-25-18)22(28(16)23)17-9-10-19(15(2)20(17)24)27-12-6-7-13-27/h4-5,8-11,16,21-22H,3,6-7,12-14H2,1-2H3/t16-,21+,22+/m1/s1. The number of nitrogens with zero attached hydrogens (tertiary/aromatic N) is 4. The highest BCUT2D eigenvalue weighted by molar-refractivity contribution is 8.14. The van der Waals surface area contributed by atoms with Gasteiger partial charge in [-0.2, -0.15) is 0 Å². The van der Waals surface area contributed by atoms with Gasteiger partial charge in [0.1, 0.15) is 6.04 Å². The number of pyridine rings is 1. The SMILES string of the molecule is CC[C@@H]1CSC2=N[C@@H](c3ccccn3)[C@H](c3ccc(N4CCCC4)c(C)c3Cl)N21. The quantitative estimate of drug-likeness (QED) is 0.634. The molecule has 152 valence electrons. The Morgan fingerprint density at radius 3 is 2.72 bits per heavy atom. The number of aliphatic imine (C=N–C) groups is 1. The van der Waals surface area contributed by atoms with Crippen LogP contribution in [0, 0.1) is 6.92 Å². The Hall–Kier alpha value is -1.72. The van der Waals surface area contributed by atoms with Gasteiger partial charge >= 0.3 is 0 Å². The van der Waals surface area contributed by atoms with Crippen molar-refractivity contribution in [1.82, 2.24) is 9.88 Å². The van der Waals surface area contributed by atoms with E-state index in [-0.39, 0.29) is 12.1 Å². The minimum Gasteiger partial charge on any atom is -0.371 e. The molecule has 1 aromatic heterocycles. The van der Waals surface area contributed by atoms with Crippen LogP contribution in [0.3, 0.4) is 0 Å². The van der Waals surface area contributed by atoms with Crippen molar-refractivity contribution in [2.75, 3.05) is 23.7 Å². The van der Waals surface area contributed by atoms with Gasteiger partial charge in [0.2, 0.25) is 0 Å². The number of thioether (sulfide) groups is 1. The lowest BCUT2D eigenvalue weighted by atomic mass is 9.93. The predicted octanol–water partition coefficient (Wildman–Crippen LogP) is 5.62. The monoisotopic (exact) mass is 426 g/mol. The van der Waals surface area contributed by atoms with Gasteiger partial charge in [-0.05, 0) is 55.5 Å². The number of hydrogen-bond acceptors (Lipinski definition) is 5. The minimum absolute atomic E-state index is 0.0115. The number of aromatic nitrogens is 1. The van der Waals surface area contributed by atoms with Crippen molar-refractivity contribution in [3.63, 3.8) is 0 Å². The van der Waals surface area contributed by atoms with E-state index in [9.17, 15) is 0 Å². The molecule has 0 spiro atoms. The fourth-order valence-corrected chi connectivity index (χ4v) is 6.52. The molecule has 2 fully saturated rings. The second-order valence-corrected chi connectivity index (χ2v) is 9.51. The Morgan fingerprint density at radius 1 is 1.17 bits per heavy atom. The second kappa shape index (κ2) is 7.84. The third-order valence-electron chi connectivity index (χ3n) is 6.48. The van der Waals surface area contributed by atoms with Crippen LogP contribution in [0.5, 0.6) is 0 Å². The van der Waals surface area contributed by atoms with Gasteiger partial charge < -0.3 is 9.80 Å². The van der Waals surface area contributed by atoms with Crippen molar-refractivity contribution in [1.29, 1.82) is 0 Å². The Kier molecular flexibility index (Phi) is 5.21. The molecule has 6 heteroatoms. The molecule has 1 aromatic carbocycles. The van der Waals surface area contributed by atoms with Gasteiger partial charge in [-0.1, -0.05) is 42.4 Å². The number of fused-ring (bicyclic) bond motifs is 1. The summed E-state index contributed by atoms with van der Waals surface area (Å²) in [6.07, 6.45) is 5.51. The van der Waals surface area contributed by atoms with E-state index < -0.39 is 0 Å². The first-order valence-corrected chi connectivity index (χ1v) is 12.0. The van der Waals surface area contributed by atoms with Crippen molar-refractivity contribution < 1.29 is 0 Å². The Morgan fingerprint density at radius 2 is 2.00 bits per heavy atom. The lowest BCUT2D eigenvalue weighted by molar-refractivity contribution is 0.255. The molecule has 0 amide bonds. The molecule has 4 nitrogen and oxygen atoms in total. The van der Waals surface area contributed by atoms with Gasteiger partial charge in [0, 0.05) is 36.8 Å².